The molecule has 2 heterocycles. The Morgan fingerprint density at radius 2 is 1.75 bits per heavy atom. The molecule has 4 rings (SSSR count). The normalized spacial score (nSPS) is 17.4. The molecule has 0 saturated carbocycles. The van der Waals surface area contributed by atoms with Crippen LogP contribution in [-0.4, -0.2) is 48.5 Å². The average molecular weight is 553 g/mol. The summed E-state index contributed by atoms with van der Waals surface area (Å²) >= 11 is 18.4. The number of carbonyl (C=O) groups excluding carboxylic acids is 3. The molecule has 11 heteroatoms. The Bertz CT molecular complexity index is 1190. The van der Waals surface area contributed by atoms with Gasteiger partial charge in [0.2, 0.25) is 0 Å². The van der Waals surface area contributed by atoms with Crippen LogP contribution in [0.25, 0.3) is 0 Å². The molecule has 1 atom stereocenters. The lowest BCUT2D eigenvalue weighted by molar-refractivity contribution is -0.146. The maximum Gasteiger partial charge on any atom is 0.328 e. The van der Waals surface area contributed by atoms with Crippen molar-refractivity contribution in [1.82, 2.24) is 10.3 Å². The molecule has 1 aliphatic heterocycles. The monoisotopic (exact) mass is 551 g/mol. The smallest absolute Gasteiger partial charge is 0.328 e. The summed E-state index contributed by atoms with van der Waals surface area (Å²) in [6, 6.07) is 6.22. The zero-order chi connectivity index (χ0) is 25.9. The first kappa shape index (κ1) is 26.4. The van der Waals surface area contributed by atoms with E-state index in [0.29, 0.717) is 37.4 Å². The lowest BCUT2D eigenvalue weighted by Gasteiger charge is -2.45. The Balaban J connectivity index is 1.48. The number of rotatable bonds is 8. The zero-order valence-electron chi connectivity index (χ0n) is 19.4. The molecular formula is C25H24Cl3N3O5. The lowest BCUT2D eigenvalue weighted by atomic mass is 9.65. The third kappa shape index (κ3) is 5.22. The number of pyridine rings is 1. The van der Waals surface area contributed by atoms with Gasteiger partial charge in [0.15, 0.2) is 5.78 Å². The first-order valence-electron chi connectivity index (χ1n) is 11.4. The number of allylic oxidation sites excluding steroid dienone is 2. The molecule has 1 amide bonds. The minimum absolute atomic E-state index is 0.118. The molecule has 2 aromatic rings. The summed E-state index contributed by atoms with van der Waals surface area (Å²) in [7, 11) is 0. The standard InChI is InChI=1S/C25H24Cl3N3O5/c1-2-36-24(34)18(31-21-20(28)22(32)25(21)7-9-35-10-8-25)11-14-3-5-15(6-4-14)30-23(33)19-16(26)12-29-13-17(19)27/h3-6,12-13,18,31H,2,7-11H2,1H3,(H,30,33). The number of carbonyl (C=O) groups is 3. The van der Waals surface area contributed by atoms with Gasteiger partial charge in [-0.3, -0.25) is 14.6 Å². The fourth-order valence-electron chi connectivity index (χ4n) is 4.38. The van der Waals surface area contributed by atoms with E-state index in [1.165, 1.54) is 12.4 Å². The van der Waals surface area contributed by atoms with E-state index < -0.39 is 23.3 Å². The van der Waals surface area contributed by atoms with Crippen LogP contribution >= 0.6 is 34.8 Å². The number of ether oxygens (including phenoxy) is 2. The van der Waals surface area contributed by atoms with E-state index in [4.69, 9.17) is 44.3 Å². The predicted octanol–water partition coefficient (Wildman–Crippen LogP) is 4.53. The molecule has 1 fully saturated rings. The van der Waals surface area contributed by atoms with Crippen LogP contribution in [0.3, 0.4) is 0 Å². The van der Waals surface area contributed by atoms with Crippen LogP contribution in [0.1, 0.15) is 35.7 Å². The van der Waals surface area contributed by atoms with E-state index in [1.54, 1.807) is 31.2 Å². The Labute approximate surface area is 223 Å². The van der Waals surface area contributed by atoms with Crippen molar-refractivity contribution in [3.05, 3.63) is 68.6 Å². The summed E-state index contributed by atoms with van der Waals surface area (Å²) in [6.07, 6.45) is 3.99. The minimum Gasteiger partial charge on any atom is -0.464 e. The maximum absolute atomic E-state index is 12.8. The molecule has 0 radical (unpaired) electrons. The van der Waals surface area contributed by atoms with Crippen molar-refractivity contribution >= 4 is 58.1 Å². The lowest BCUT2D eigenvalue weighted by Crippen LogP contribution is -2.55. The second-order valence-corrected chi connectivity index (χ2v) is 9.69. The second kappa shape index (κ2) is 11.2. The van der Waals surface area contributed by atoms with Crippen LogP contribution in [0.15, 0.2) is 47.4 Å². The van der Waals surface area contributed by atoms with Crippen molar-refractivity contribution in [3.8, 4) is 0 Å². The van der Waals surface area contributed by atoms with Gasteiger partial charge in [-0.05, 0) is 37.5 Å². The minimum atomic E-state index is -0.753. The predicted molar refractivity (Wildman–Crippen MR) is 136 cm³/mol. The topological polar surface area (TPSA) is 107 Å². The van der Waals surface area contributed by atoms with Gasteiger partial charge in [-0.2, -0.15) is 0 Å². The number of halogens is 3. The molecule has 2 N–H and O–H groups in total. The van der Waals surface area contributed by atoms with Gasteiger partial charge in [0, 0.05) is 43.4 Å². The highest BCUT2D eigenvalue weighted by Crippen LogP contribution is 2.50. The second-order valence-electron chi connectivity index (χ2n) is 8.49. The molecule has 36 heavy (non-hydrogen) atoms. The number of amides is 1. The van der Waals surface area contributed by atoms with Crippen molar-refractivity contribution in [2.75, 3.05) is 25.1 Å². The van der Waals surface area contributed by atoms with Gasteiger partial charge in [-0.1, -0.05) is 46.9 Å². The molecule has 0 bridgehead atoms. The van der Waals surface area contributed by atoms with Gasteiger partial charge in [-0.25, -0.2) is 4.79 Å². The molecule has 190 valence electrons. The van der Waals surface area contributed by atoms with Gasteiger partial charge in [0.05, 0.1) is 27.6 Å². The van der Waals surface area contributed by atoms with Crippen LogP contribution in [0.2, 0.25) is 10.0 Å². The zero-order valence-corrected chi connectivity index (χ0v) is 21.7. The van der Waals surface area contributed by atoms with Crippen molar-refractivity contribution in [1.29, 1.82) is 0 Å². The largest absolute Gasteiger partial charge is 0.464 e. The molecule has 1 spiro atoms. The molecule has 8 nitrogen and oxygen atoms in total. The summed E-state index contributed by atoms with van der Waals surface area (Å²) in [5.41, 5.74) is 1.30. The molecule has 1 aromatic heterocycles. The number of aromatic nitrogens is 1. The van der Waals surface area contributed by atoms with Gasteiger partial charge < -0.3 is 20.1 Å². The van der Waals surface area contributed by atoms with E-state index in [1.807, 2.05) is 0 Å². The Morgan fingerprint density at radius 3 is 2.36 bits per heavy atom. The van der Waals surface area contributed by atoms with Crippen LogP contribution in [0, 0.1) is 5.41 Å². The van der Waals surface area contributed by atoms with Crippen molar-refractivity contribution in [2.45, 2.75) is 32.2 Å². The van der Waals surface area contributed by atoms with E-state index in [9.17, 15) is 14.4 Å². The molecular weight excluding hydrogens is 529 g/mol. The van der Waals surface area contributed by atoms with E-state index in [0.717, 1.165) is 5.56 Å². The average Bonchev–Trinajstić information content (AvgIpc) is 2.87. The van der Waals surface area contributed by atoms with Crippen LogP contribution in [0.4, 0.5) is 5.69 Å². The van der Waals surface area contributed by atoms with Crippen LogP contribution < -0.4 is 10.6 Å². The van der Waals surface area contributed by atoms with Gasteiger partial charge in [0.25, 0.3) is 5.91 Å². The third-order valence-corrected chi connectivity index (χ3v) is 7.23. The first-order valence-corrected chi connectivity index (χ1v) is 12.6. The number of esters is 1. The van der Waals surface area contributed by atoms with Crippen molar-refractivity contribution < 1.29 is 23.9 Å². The number of hydrogen-bond donors (Lipinski definition) is 2. The maximum atomic E-state index is 12.8. The SMILES string of the molecule is CCOC(=O)C(Cc1ccc(NC(=O)c2c(Cl)cncc2Cl)cc1)NC1=C(Cl)C(=O)C12CCOCC2. The molecule has 1 aromatic carbocycles. The number of hydrogen-bond acceptors (Lipinski definition) is 7. The van der Waals surface area contributed by atoms with E-state index >= 15 is 0 Å². The fraction of sp³-hybridized carbons (Fsp3) is 0.360. The van der Waals surface area contributed by atoms with Crippen molar-refractivity contribution in [3.63, 3.8) is 0 Å². The third-order valence-electron chi connectivity index (χ3n) is 6.30. The Kier molecular flexibility index (Phi) is 8.20. The fourth-order valence-corrected chi connectivity index (χ4v) is 5.33. The number of nitrogens with zero attached hydrogens (tertiary/aromatic N) is 1. The van der Waals surface area contributed by atoms with E-state index in [-0.39, 0.29) is 39.5 Å². The molecule has 1 unspecified atom stereocenters. The number of ketones is 1. The number of nitrogens with one attached hydrogen (secondary N) is 2. The Hall–Kier alpha value is -2.65. The van der Waals surface area contributed by atoms with Gasteiger partial charge >= 0.3 is 5.97 Å². The van der Waals surface area contributed by atoms with Gasteiger partial charge in [0.1, 0.15) is 11.1 Å². The summed E-state index contributed by atoms with van der Waals surface area (Å²) in [5, 5.41) is 6.36. The van der Waals surface area contributed by atoms with E-state index in [2.05, 4.69) is 15.6 Å². The van der Waals surface area contributed by atoms with Crippen LogP contribution in [-0.2, 0) is 25.5 Å². The molecule has 1 aliphatic carbocycles. The molecule has 1 saturated heterocycles. The summed E-state index contributed by atoms with van der Waals surface area (Å²) in [6.45, 7) is 2.85. The number of anilines is 1. The highest BCUT2D eigenvalue weighted by molar-refractivity contribution is 6.47. The highest BCUT2D eigenvalue weighted by Gasteiger charge is 2.54. The highest BCUT2D eigenvalue weighted by atomic mass is 35.5. The summed E-state index contributed by atoms with van der Waals surface area (Å²) in [4.78, 5) is 41.8. The van der Waals surface area contributed by atoms with Gasteiger partial charge in [-0.15, -0.1) is 0 Å². The van der Waals surface area contributed by atoms with Crippen LogP contribution in [0.5, 0.6) is 0 Å². The number of Topliss-reactive ketones (excluding diaryl/α,β-unsaturated/α-hetero) is 1. The Morgan fingerprint density at radius 1 is 1.11 bits per heavy atom. The van der Waals surface area contributed by atoms with Crippen molar-refractivity contribution in [2.24, 2.45) is 5.41 Å². The summed E-state index contributed by atoms with van der Waals surface area (Å²) in [5.74, 6) is -1.04. The first-order chi connectivity index (χ1) is 17.3. The molecule has 2 aliphatic rings. The number of benzene rings is 1. The quantitative estimate of drug-likeness (QED) is 0.463. The summed E-state index contributed by atoms with van der Waals surface area (Å²) < 4.78 is 10.7.